The van der Waals surface area contributed by atoms with Crippen LogP contribution < -0.4 is 11.1 Å². The summed E-state index contributed by atoms with van der Waals surface area (Å²) in [6.45, 7) is 5.91. The maximum absolute atomic E-state index is 13.9. The van der Waals surface area contributed by atoms with Gasteiger partial charge in [-0.05, 0) is 36.0 Å². The molecular formula is C34H45N3O2S2. The number of ketones is 1. The third-order valence-electron chi connectivity index (χ3n) is 7.13. The van der Waals surface area contributed by atoms with Gasteiger partial charge in [0.2, 0.25) is 5.91 Å². The monoisotopic (exact) mass is 591 g/mol. The zero-order chi connectivity index (χ0) is 29.5. The highest BCUT2D eigenvalue weighted by Crippen LogP contribution is 2.28. The van der Waals surface area contributed by atoms with Gasteiger partial charge < -0.3 is 16.0 Å². The first kappa shape index (κ1) is 32.9. The van der Waals surface area contributed by atoms with Crippen LogP contribution in [-0.2, 0) is 28.4 Å². The summed E-state index contributed by atoms with van der Waals surface area (Å²) >= 11 is 6.04. The summed E-state index contributed by atoms with van der Waals surface area (Å²) in [6, 6.07) is 29.6. The molecule has 2 atom stereocenters. The van der Waals surface area contributed by atoms with Crippen LogP contribution in [0.2, 0.25) is 0 Å². The van der Waals surface area contributed by atoms with Crippen LogP contribution in [0.3, 0.4) is 0 Å². The summed E-state index contributed by atoms with van der Waals surface area (Å²) in [6.07, 6.45) is 2.27. The molecule has 0 aromatic heterocycles. The quantitative estimate of drug-likeness (QED) is 0.123. The molecule has 1 amide bonds. The fourth-order valence-corrected chi connectivity index (χ4v) is 6.07. The number of thiol groups is 1. The number of Topliss-reactive ketones (excluding diaryl/α,β-unsaturated/α-hetero) is 1. The number of nitrogens with zero attached hydrogens (tertiary/aromatic N) is 1. The lowest BCUT2D eigenvalue weighted by Crippen LogP contribution is -2.47. The van der Waals surface area contributed by atoms with Crippen molar-refractivity contribution in [1.29, 1.82) is 0 Å². The fraction of sp³-hybridized carbons (Fsp3) is 0.412. The van der Waals surface area contributed by atoms with Crippen LogP contribution in [0.1, 0.15) is 49.8 Å². The van der Waals surface area contributed by atoms with Gasteiger partial charge in [0.1, 0.15) is 0 Å². The van der Waals surface area contributed by atoms with Gasteiger partial charge in [0.05, 0.1) is 17.5 Å². The molecule has 0 fully saturated rings. The molecule has 3 rings (SSSR count). The Morgan fingerprint density at radius 2 is 1.44 bits per heavy atom. The van der Waals surface area contributed by atoms with Crippen LogP contribution >= 0.6 is 24.4 Å². The molecule has 0 aliphatic heterocycles. The highest BCUT2D eigenvalue weighted by molar-refractivity contribution is 7.98. The Hall–Kier alpha value is -2.58. The van der Waals surface area contributed by atoms with E-state index in [0.29, 0.717) is 31.8 Å². The van der Waals surface area contributed by atoms with E-state index in [-0.39, 0.29) is 17.7 Å². The van der Waals surface area contributed by atoms with Gasteiger partial charge in [-0.25, -0.2) is 0 Å². The van der Waals surface area contributed by atoms with E-state index >= 15 is 0 Å². The van der Waals surface area contributed by atoms with Crippen molar-refractivity contribution in [1.82, 2.24) is 10.2 Å². The Morgan fingerprint density at radius 1 is 0.878 bits per heavy atom. The lowest BCUT2D eigenvalue weighted by Gasteiger charge is -2.32. The van der Waals surface area contributed by atoms with Gasteiger partial charge >= 0.3 is 0 Å². The first-order chi connectivity index (χ1) is 19.8. The van der Waals surface area contributed by atoms with Gasteiger partial charge in [-0.3, -0.25) is 9.59 Å². The smallest absolute Gasteiger partial charge is 0.229 e. The molecule has 0 saturated heterocycles. The number of carbonyl (C=O) groups is 2. The van der Waals surface area contributed by atoms with Crippen molar-refractivity contribution in [3.8, 4) is 0 Å². The molecule has 41 heavy (non-hydrogen) atoms. The Morgan fingerprint density at radius 3 is 2.02 bits per heavy atom. The van der Waals surface area contributed by atoms with Gasteiger partial charge in [-0.2, -0.15) is 24.4 Å². The van der Waals surface area contributed by atoms with Crippen LogP contribution in [0.15, 0.2) is 91.0 Å². The Labute approximate surface area is 256 Å². The zero-order valence-electron chi connectivity index (χ0n) is 24.4. The summed E-state index contributed by atoms with van der Waals surface area (Å²) in [5.41, 5.74) is 9.08. The standard InChI is InChI=1S/C34H45N3O2S2/c1-34(2,26-41-25-29-18-10-5-11-19-29)33(39)37(23-28-16-8-4-9-17-28)21-13-12-20-31(32(38)30(35)24-40)36-22-27-14-6-3-7-15-27/h3-11,14-19,30-31,36,40H,12-13,20-26,35H2,1-2H3/t30-,31-/m0/s1. The van der Waals surface area contributed by atoms with Crippen LogP contribution in [0.5, 0.6) is 0 Å². The highest BCUT2D eigenvalue weighted by Gasteiger charge is 2.32. The molecular weight excluding hydrogens is 547 g/mol. The van der Waals surface area contributed by atoms with E-state index < -0.39 is 11.5 Å². The molecule has 5 nitrogen and oxygen atoms in total. The molecule has 0 unspecified atom stereocenters. The molecule has 0 aliphatic rings. The zero-order valence-corrected chi connectivity index (χ0v) is 26.1. The molecule has 0 aliphatic carbocycles. The average Bonchev–Trinajstić information content (AvgIpc) is 3.00. The lowest BCUT2D eigenvalue weighted by atomic mass is 9.93. The molecule has 3 aromatic carbocycles. The van der Waals surface area contributed by atoms with Gasteiger partial charge in [-0.1, -0.05) is 105 Å². The van der Waals surface area contributed by atoms with Crippen molar-refractivity contribution >= 4 is 36.1 Å². The second kappa shape index (κ2) is 17.4. The van der Waals surface area contributed by atoms with Gasteiger partial charge in [0.15, 0.2) is 5.78 Å². The van der Waals surface area contributed by atoms with Crippen molar-refractivity contribution in [2.24, 2.45) is 11.1 Å². The SMILES string of the molecule is CC(C)(CSCc1ccccc1)C(=O)N(CCCC[C@H](NCc1ccccc1)C(=O)[C@@H](N)CS)Cc1ccccc1. The molecule has 0 bridgehead atoms. The minimum atomic E-state index is -0.600. The number of carbonyl (C=O) groups excluding carboxylic acids is 2. The summed E-state index contributed by atoms with van der Waals surface area (Å²) in [5, 5.41) is 3.42. The predicted octanol–water partition coefficient (Wildman–Crippen LogP) is 6.13. The molecule has 0 heterocycles. The average molecular weight is 592 g/mol. The van der Waals surface area contributed by atoms with Crippen molar-refractivity contribution in [2.75, 3.05) is 18.1 Å². The number of unbranched alkanes of at least 4 members (excludes halogenated alkanes) is 1. The Bertz CT molecular complexity index is 1180. The normalized spacial score (nSPS) is 13.0. The molecule has 0 spiro atoms. The molecule has 3 N–H and O–H groups in total. The van der Waals surface area contributed by atoms with Crippen LogP contribution in [0.25, 0.3) is 0 Å². The summed E-state index contributed by atoms with van der Waals surface area (Å²) in [5.74, 6) is 2.10. The second-order valence-corrected chi connectivity index (χ2v) is 12.5. The largest absolute Gasteiger partial charge is 0.338 e. The fourth-order valence-electron chi connectivity index (χ4n) is 4.73. The number of rotatable bonds is 18. The molecule has 7 heteroatoms. The number of nitrogens with one attached hydrogen (secondary N) is 1. The molecule has 0 saturated carbocycles. The van der Waals surface area contributed by atoms with Crippen molar-refractivity contribution in [3.63, 3.8) is 0 Å². The van der Waals surface area contributed by atoms with E-state index in [1.165, 1.54) is 5.56 Å². The van der Waals surface area contributed by atoms with Crippen LogP contribution in [0.4, 0.5) is 0 Å². The van der Waals surface area contributed by atoms with E-state index in [1.54, 1.807) is 11.8 Å². The number of nitrogens with two attached hydrogens (primary N) is 1. The topological polar surface area (TPSA) is 75.4 Å². The summed E-state index contributed by atoms with van der Waals surface area (Å²) in [7, 11) is 0. The number of hydrogen-bond donors (Lipinski definition) is 3. The first-order valence-electron chi connectivity index (χ1n) is 14.4. The van der Waals surface area contributed by atoms with E-state index in [1.807, 2.05) is 73.3 Å². The van der Waals surface area contributed by atoms with E-state index in [4.69, 9.17) is 5.73 Å². The highest BCUT2D eigenvalue weighted by atomic mass is 32.2. The number of thioether (sulfide) groups is 1. The van der Waals surface area contributed by atoms with Crippen molar-refractivity contribution < 1.29 is 9.59 Å². The summed E-state index contributed by atoms with van der Waals surface area (Å²) < 4.78 is 0. The van der Waals surface area contributed by atoms with Crippen LogP contribution in [-0.4, -0.2) is 46.7 Å². The molecule has 220 valence electrons. The maximum Gasteiger partial charge on any atom is 0.229 e. The Balaban J connectivity index is 1.60. The maximum atomic E-state index is 13.9. The minimum absolute atomic E-state index is 0.00952. The third kappa shape index (κ3) is 11.3. The van der Waals surface area contributed by atoms with Gasteiger partial charge in [0.25, 0.3) is 0 Å². The number of benzene rings is 3. The minimum Gasteiger partial charge on any atom is -0.338 e. The van der Waals surface area contributed by atoms with E-state index in [9.17, 15) is 9.59 Å². The number of hydrogen-bond acceptors (Lipinski definition) is 6. The number of amides is 1. The van der Waals surface area contributed by atoms with Gasteiger partial charge in [0, 0.05) is 36.9 Å². The van der Waals surface area contributed by atoms with Crippen molar-refractivity contribution in [2.45, 2.75) is 64.0 Å². The van der Waals surface area contributed by atoms with Crippen molar-refractivity contribution in [3.05, 3.63) is 108 Å². The van der Waals surface area contributed by atoms with Gasteiger partial charge in [-0.15, -0.1) is 0 Å². The van der Waals surface area contributed by atoms with E-state index in [0.717, 1.165) is 35.5 Å². The van der Waals surface area contributed by atoms with E-state index in [2.05, 4.69) is 54.3 Å². The first-order valence-corrected chi connectivity index (χ1v) is 16.2. The molecule has 3 aromatic rings. The van der Waals surface area contributed by atoms with Crippen LogP contribution in [0, 0.1) is 5.41 Å². The lowest BCUT2D eigenvalue weighted by molar-refractivity contribution is -0.140. The molecule has 0 radical (unpaired) electrons. The predicted molar refractivity (Wildman–Crippen MR) is 176 cm³/mol. The summed E-state index contributed by atoms with van der Waals surface area (Å²) in [4.78, 5) is 28.9. The second-order valence-electron chi connectivity index (χ2n) is 11.2. The Kier molecular flexibility index (Phi) is 14.0. The third-order valence-corrected chi connectivity index (χ3v) is 8.99.